The minimum atomic E-state index is -0.114. The Hall–Kier alpha value is -1.63. The lowest BCUT2D eigenvalue weighted by Gasteiger charge is -2.11. The molecule has 25 heavy (non-hydrogen) atoms. The van der Waals surface area contributed by atoms with E-state index < -0.39 is 0 Å². The van der Waals surface area contributed by atoms with Crippen LogP contribution in [0, 0.1) is 0 Å². The molecule has 7 nitrogen and oxygen atoms in total. The second-order valence-corrected chi connectivity index (χ2v) is 7.06. The highest BCUT2D eigenvalue weighted by Crippen LogP contribution is 2.20. The molecular formula is C18H31N5O2. The van der Waals surface area contributed by atoms with Gasteiger partial charge in [-0.1, -0.05) is 19.3 Å². The molecule has 0 unspecified atom stereocenters. The van der Waals surface area contributed by atoms with Crippen LogP contribution in [0.1, 0.15) is 63.0 Å². The maximum atomic E-state index is 11.8. The Bertz CT molecular complexity index is 540. The van der Waals surface area contributed by atoms with Gasteiger partial charge in [-0.3, -0.25) is 0 Å². The van der Waals surface area contributed by atoms with Gasteiger partial charge in [0.05, 0.1) is 6.10 Å². The minimum Gasteiger partial charge on any atom is -0.378 e. The maximum absolute atomic E-state index is 11.8. The van der Waals surface area contributed by atoms with Crippen molar-refractivity contribution in [1.29, 1.82) is 0 Å². The van der Waals surface area contributed by atoms with E-state index >= 15 is 0 Å². The molecule has 1 fully saturated rings. The van der Waals surface area contributed by atoms with E-state index in [0.29, 0.717) is 19.2 Å². The predicted octanol–water partition coefficient (Wildman–Crippen LogP) is 2.20. The smallest absolute Gasteiger partial charge is 0.314 e. The molecule has 140 valence electrons. The van der Waals surface area contributed by atoms with E-state index in [1.54, 1.807) is 0 Å². The largest absolute Gasteiger partial charge is 0.378 e. The molecule has 1 aliphatic heterocycles. The number of carbonyl (C=O) groups is 1. The van der Waals surface area contributed by atoms with Crippen LogP contribution in [0.5, 0.6) is 0 Å². The van der Waals surface area contributed by atoms with Crippen molar-refractivity contribution in [3.05, 3.63) is 11.6 Å². The zero-order valence-electron chi connectivity index (χ0n) is 15.1. The molecule has 2 aliphatic rings. The van der Waals surface area contributed by atoms with Crippen LogP contribution in [0.15, 0.2) is 0 Å². The maximum Gasteiger partial charge on any atom is 0.314 e. The molecule has 2 N–H and O–H groups in total. The van der Waals surface area contributed by atoms with Crippen LogP contribution >= 0.6 is 0 Å². The van der Waals surface area contributed by atoms with E-state index in [9.17, 15) is 4.79 Å². The molecule has 1 saturated carbocycles. The van der Waals surface area contributed by atoms with E-state index in [1.165, 1.54) is 44.9 Å². The normalized spacial score (nSPS) is 17.9. The number of carbonyl (C=O) groups excluding carboxylic acids is 1. The summed E-state index contributed by atoms with van der Waals surface area (Å²) in [5.41, 5.74) is 0. The van der Waals surface area contributed by atoms with Gasteiger partial charge in [-0.2, -0.15) is 0 Å². The first-order valence-electron chi connectivity index (χ1n) is 9.87. The van der Waals surface area contributed by atoms with Crippen LogP contribution < -0.4 is 10.6 Å². The lowest BCUT2D eigenvalue weighted by Crippen LogP contribution is -2.37. The van der Waals surface area contributed by atoms with E-state index in [2.05, 4.69) is 25.4 Å². The Morgan fingerprint density at radius 1 is 1.08 bits per heavy atom. The van der Waals surface area contributed by atoms with Gasteiger partial charge in [-0.15, -0.1) is 10.2 Å². The number of hydrogen-bond donors (Lipinski definition) is 2. The van der Waals surface area contributed by atoms with E-state index in [0.717, 1.165) is 44.1 Å². The van der Waals surface area contributed by atoms with Crippen LogP contribution in [-0.4, -0.2) is 46.6 Å². The Kier molecular flexibility index (Phi) is 7.09. The van der Waals surface area contributed by atoms with Crippen molar-refractivity contribution in [2.75, 3.05) is 19.7 Å². The number of nitrogens with zero attached hydrogens (tertiary/aromatic N) is 3. The summed E-state index contributed by atoms with van der Waals surface area (Å²) in [7, 11) is 0. The molecule has 1 aromatic rings. The van der Waals surface area contributed by atoms with Crippen LogP contribution in [0.2, 0.25) is 0 Å². The van der Waals surface area contributed by atoms with Gasteiger partial charge in [-0.25, -0.2) is 4.79 Å². The average Bonchev–Trinajstić information content (AvgIpc) is 3.19. The zero-order chi connectivity index (χ0) is 17.3. The summed E-state index contributed by atoms with van der Waals surface area (Å²) in [5, 5.41) is 14.4. The van der Waals surface area contributed by atoms with Crippen LogP contribution in [0.4, 0.5) is 4.79 Å². The summed E-state index contributed by atoms with van der Waals surface area (Å²) in [6.45, 7) is 2.98. The monoisotopic (exact) mass is 349 g/mol. The summed E-state index contributed by atoms with van der Waals surface area (Å²) < 4.78 is 8.02. The average molecular weight is 349 g/mol. The Balaban J connectivity index is 1.26. The summed E-state index contributed by atoms with van der Waals surface area (Å²) in [6, 6.07) is -0.114. The van der Waals surface area contributed by atoms with E-state index in [1.807, 2.05) is 0 Å². The summed E-state index contributed by atoms with van der Waals surface area (Å²) in [5.74, 6) is 2.08. The fraction of sp³-hybridized carbons (Fsp3) is 0.833. The second-order valence-electron chi connectivity index (χ2n) is 7.06. The third-order valence-corrected chi connectivity index (χ3v) is 5.08. The number of aromatic nitrogens is 3. The van der Waals surface area contributed by atoms with E-state index in [4.69, 9.17) is 4.74 Å². The molecular weight excluding hydrogens is 318 g/mol. The molecule has 0 spiro atoms. The van der Waals surface area contributed by atoms with Crippen molar-refractivity contribution in [2.45, 2.75) is 76.9 Å². The topological polar surface area (TPSA) is 81.1 Å². The number of hydrogen-bond acceptors (Lipinski definition) is 4. The number of aryl methyl sites for hydroxylation is 1. The fourth-order valence-corrected chi connectivity index (χ4v) is 3.66. The highest BCUT2D eigenvalue weighted by molar-refractivity contribution is 5.73. The van der Waals surface area contributed by atoms with Crippen molar-refractivity contribution in [2.24, 2.45) is 0 Å². The molecule has 7 heteroatoms. The van der Waals surface area contributed by atoms with Gasteiger partial charge in [-0.05, 0) is 32.1 Å². The van der Waals surface area contributed by atoms with Gasteiger partial charge in [0.2, 0.25) is 0 Å². The van der Waals surface area contributed by atoms with Crippen molar-refractivity contribution < 1.29 is 9.53 Å². The minimum absolute atomic E-state index is 0.114. The Labute approximate surface area is 149 Å². The Morgan fingerprint density at radius 2 is 1.92 bits per heavy atom. The first-order valence-corrected chi connectivity index (χ1v) is 9.87. The highest BCUT2D eigenvalue weighted by atomic mass is 16.5. The van der Waals surface area contributed by atoms with Crippen molar-refractivity contribution in [3.8, 4) is 0 Å². The lowest BCUT2D eigenvalue weighted by atomic mass is 10.2. The van der Waals surface area contributed by atoms with Crippen LogP contribution in [0.25, 0.3) is 0 Å². The fourth-order valence-electron chi connectivity index (χ4n) is 3.66. The van der Waals surface area contributed by atoms with Gasteiger partial charge < -0.3 is 19.9 Å². The summed E-state index contributed by atoms with van der Waals surface area (Å²) in [4.78, 5) is 11.8. The molecule has 0 atom stereocenters. The second kappa shape index (κ2) is 9.75. The molecule has 3 rings (SSSR count). The molecule has 0 bridgehead atoms. The van der Waals surface area contributed by atoms with Crippen molar-refractivity contribution in [3.63, 3.8) is 0 Å². The molecule has 1 aromatic heterocycles. The van der Waals surface area contributed by atoms with Gasteiger partial charge in [0.25, 0.3) is 0 Å². The molecule has 2 amide bonds. The van der Waals surface area contributed by atoms with Gasteiger partial charge in [0, 0.05) is 39.1 Å². The number of nitrogens with one attached hydrogen (secondary N) is 2. The first-order chi connectivity index (χ1) is 12.3. The standard InChI is InChI=1S/C18H31N5O2/c24-18(19-11-6-14-25-15-7-3-4-8-15)20-12-10-17-22-21-16-9-2-1-5-13-23(16)17/h15H,1-14H2,(H2,19,20,24). The van der Waals surface area contributed by atoms with Crippen molar-refractivity contribution in [1.82, 2.24) is 25.4 Å². The van der Waals surface area contributed by atoms with Crippen molar-refractivity contribution >= 4 is 6.03 Å². The number of amides is 2. The summed E-state index contributed by atoms with van der Waals surface area (Å²) in [6.07, 6.45) is 11.7. The van der Waals surface area contributed by atoms with Crippen LogP contribution in [-0.2, 0) is 24.1 Å². The number of fused-ring (bicyclic) bond motifs is 1. The number of urea groups is 1. The number of ether oxygens (including phenoxy) is 1. The quantitative estimate of drug-likeness (QED) is 0.705. The molecule has 1 aliphatic carbocycles. The molecule has 0 radical (unpaired) electrons. The van der Waals surface area contributed by atoms with Gasteiger partial charge in [0.15, 0.2) is 0 Å². The SMILES string of the molecule is O=C(NCCCOC1CCCC1)NCCc1nnc2n1CCCCC2. The summed E-state index contributed by atoms with van der Waals surface area (Å²) >= 11 is 0. The predicted molar refractivity (Wildman–Crippen MR) is 95.5 cm³/mol. The van der Waals surface area contributed by atoms with Gasteiger partial charge in [0.1, 0.15) is 11.6 Å². The third-order valence-electron chi connectivity index (χ3n) is 5.08. The lowest BCUT2D eigenvalue weighted by molar-refractivity contribution is 0.0572. The molecule has 2 heterocycles. The zero-order valence-corrected chi connectivity index (χ0v) is 15.1. The number of rotatable bonds is 8. The molecule has 0 aromatic carbocycles. The van der Waals surface area contributed by atoms with Crippen LogP contribution in [0.3, 0.4) is 0 Å². The highest BCUT2D eigenvalue weighted by Gasteiger charge is 2.15. The Morgan fingerprint density at radius 3 is 2.80 bits per heavy atom. The molecule has 0 saturated heterocycles. The van der Waals surface area contributed by atoms with Gasteiger partial charge >= 0.3 is 6.03 Å². The third kappa shape index (κ3) is 5.70. The first kappa shape index (κ1) is 18.2. The van der Waals surface area contributed by atoms with E-state index in [-0.39, 0.29) is 6.03 Å².